The van der Waals surface area contributed by atoms with Crippen molar-refractivity contribution in [3.63, 3.8) is 0 Å². The molecule has 2 N–H and O–H groups in total. The van der Waals surface area contributed by atoms with Crippen LogP contribution >= 0.6 is 0 Å². The van der Waals surface area contributed by atoms with Gasteiger partial charge in [-0.15, -0.1) is 0 Å². The number of hydrogen-bond acceptors (Lipinski definition) is 4. The monoisotopic (exact) mass is 160 g/mol. The summed E-state index contributed by atoms with van der Waals surface area (Å²) in [5, 5.41) is 0.904. The second-order valence-corrected chi connectivity index (χ2v) is 2.46. The van der Waals surface area contributed by atoms with Crippen molar-refractivity contribution in [3.05, 3.63) is 29.0 Å². The molecule has 4 heteroatoms. The van der Waals surface area contributed by atoms with Crippen LogP contribution in [0.4, 0.5) is 0 Å². The molecule has 2 heterocycles. The van der Waals surface area contributed by atoms with Crippen LogP contribution in [0.3, 0.4) is 0 Å². The van der Waals surface area contributed by atoms with E-state index in [4.69, 9.17) is 5.73 Å². The van der Waals surface area contributed by atoms with Crippen molar-refractivity contribution < 1.29 is 0 Å². The molecule has 1 aromatic heterocycles. The van der Waals surface area contributed by atoms with Gasteiger partial charge in [0.1, 0.15) is 6.17 Å². The zero-order chi connectivity index (χ0) is 8.39. The van der Waals surface area contributed by atoms with Crippen LogP contribution in [-0.4, -0.2) is 17.4 Å². The molecule has 0 aliphatic carbocycles. The van der Waals surface area contributed by atoms with Crippen molar-refractivity contribution in [2.45, 2.75) is 6.17 Å². The summed E-state index contributed by atoms with van der Waals surface area (Å²) in [7, 11) is 0. The Bertz CT molecular complexity index is 421. The van der Waals surface area contributed by atoms with Crippen molar-refractivity contribution in [1.29, 1.82) is 0 Å². The highest BCUT2D eigenvalue weighted by molar-refractivity contribution is 5.67. The molecule has 0 fully saturated rings. The first-order valence-electron chi connectivity index (χ1n) is 3.64. The van der Waals surface area contributed by atoms with E-state index in [0.717, 1.165) is 5.22 Å². The first-order chi connectivity index (χ1) is 5.86. The number of aromatic nitrogens is 1. The summed E-state index contributed by atoms with van der Waals surface area (Å²) in [6.07, 6.45) is 4.60. The average molecular weight is 160 g/mol. The van der Waals surface area contributed by atoms with Gasteiger partial charge in [-0.05, 0) is 12.1 Å². The number of aliphatic imine (C=N–C) groups is 1. The van der Waals surface area contributed by atoms with Gasteiger partial charge in [0, 0.05) is 23.8 Å². The number of pyridine rings is 1. The maximum absolute atomic E-state index is 5.57. The molecule has 1 atom stereocenters. The van der Waals surface area contributed by atoms with Crippen LogP contribution in [0, 0.1) is 0 Å². The maximum atomic E-state index is 5.57. The van der Waals surface area contributed by atoms with Gasteiger partial charge in [-0.3, -0.25) is 4.99 Å². The van der Waals surface area contributed by atoms with Gasteiger partial charge in [-0.2, -0.15) is 0 Å². The SMILES string of the molecule is NC1C=NC=c2cccnc2=N1. The largest absolute Gasteiger partial charge is 0.305 e. The molecule has 1 aromatic rings. The first kappa shape index (κ1) is 7.12. The zero-order valence-electron chi connectivity index (χ0n) is 6.38. The predicted molar refractivity (Wildman–Crippen MR) is 46.0 cm³/mol. The van der Waals surface area contributed by atoms with Gasteiger partial charge >= 0.3 is 0 Å². The summed E-state index contributed by atoms with van der Waals surface area (Å²) in [6, 6.07) is 3.75. The molecule has 0 radical (unpaired) electrons. The second kappa shape index (κ2) is 2.83. The highest BCUT2D eigenvalue weighted by Gasteiger charge is 1.96. The lowest BCUT2D eigenvalue weighted by molar-refractivity contribution is 0.877. The molecule has 60 valence electrons. The Balaban J connectivity index is 2.75. The van der Waals surface area contributed by atoms with Crippen molar-refractivity contribution in [2.24, 2.45) is 15.7 Å². The van der Waals surface area contributed by atoms with Gasteiger partial charge in [0.05, 0.1) is 0 Å². The van der Waals surface area contributed by atoms with E-state index in [2.05, 4.69) is 15.0 Å². The molecule has 2 rings (SSSR count). The fourth-order valence-electron chi connectivity index (χ4n) is 1.00. The summed E-state index contributed by atoms with van der Waals surface area (Å²) in [5.41, 5.74) is 6.23. The molecule has 0 spiro atoms. The minimum Gasteiger partial charge on any atom is -0.305 e. The van der Waals surface area contributed by atoms with E-state index in [-0.39, 0.29) is 6.17 Å². The highest BCUT2D eigenvalue weighted by atomic mass is 15.0. The Morgan fingerprint density at radius 3 is 3.25 bits per heavy atom. The van der Waals surface area contributed by atoms with Gasteiger partial charge in [0.15, 0.2) is 5.49 Å². The van der Waals surface area contributed by atoms with E-state index in [1.54, 1.807) is 18.6 Å². The van der Waals surface area contributed by atoms with E-state index >= 15 is 0 Å². The third-order valence-electron chi connectivity index (χ3n) is 1.54. The minimum absolute atomic E-state index is 0.377. The standard InChI is InChI=1S/C8H8N4/c9-7-5-10-4-6-2-1-3-11-8(6)12-7/h1-5,7H,9H2. The second-order valence-electron chi connectivity index (χ2n) is 2.46. The molecular weight excluding hydrogens is 152 g/mol. The smallest absolute Gasteiger partial charge is 0.158 e. The molecule has 1 unspecified atom stereocenters. The average Bonchev–Trinajstić information content (AvgIpc) is 2.25. The van der Waals surface area contributed by atoms with Crippen molar-refractivity contribution >= 4 is 12.4 Å². The van der Waals surface area contributed by atoms with E-state index in [1.165, 1.54) is 0 Å². The van der Waals surface area contributed by atoms with Crippen LogP contribution in [0.25, 0.3) is 6.20 Å². The molecule has 0 amide bonds. The van der Waals surface area contributed by atoms with Gasteiger partial charge in [-0.25, -0.2) is 9.98 Å². The number of rotatable bonds is 0. The Labute approximate surface area is 69.2 Å². The van der Waals surface area contributed by atoms with Crippen molar-refractivity contribution in [1.82, 2.24) is 4.98 Å². The normalized spacial score (nSPS) is 20.2. The number of nitrogens with two attached hydrogens (primary N) is 1. The van der Waals surface area contributed by atoms with Gasteiger partial charge in [0.2, 0.25) is 0 Å². The minimum atomic E-state index is -0.377. The number of fused-ring (bicyclic) bond motifs is 1. The van der Waals surface area contributed by atoms with Gasteiger partial charge < -0.3 is 5.73 Å². The van der Waals surface area contributed by atoms with Crippen molar-refractivity contribution in [3.8, 4) is 0 Å². The lowest BCUT2D eigenvalue weighted by atomic mass is 10.4. The van der Waals surface area contributed by atoms with Crippen LogP contribution in [0.15, 0.2) is 28.3 Å². The quantitative estimate of drug-likeness (QED) is 0.518. The summed E-state index contributed by atoms with van der Waals surface area (Å²) in [5.74, 6) is 0. The topological polar surface area (TPSA) is 63.6 Å². The molecule has 1 aliphatic rings. The predicted octanol–water partition coefficient (Wildman–Crippen LogP) is -1.19. The summed E-state index contributed by atoms with van der Waals surface area (Å²) in [4.78, 5) is 12.2. The Kier molecular flexibility index (Phi) is 1.68. The Morgan fingerprint density at radius 2 is 2.33 bits per heavy atom. The van der Waals surface area contributed by atoms with Gasteiger partial charge in [-0.1, -0.05) is 0 Å². The molecule has 0 saturated heterocycles. The fraction of sp³-hybridized carbons (Fsp3) is 0.125. The third kappa shape index (κ3) is 1.24. The number of nitrogens with zero attached hydrogens (tertiary/aromatic N) is 3. The number of hydrogen-bond donors (Lipinski definition) is 1. The zero-order valence-corrected chi connectivity index (χ0v) is 6.38. The highest BCUT2D eigenvalue weighted by Crippen LogP contribution is 1.79. The van der Waals surface area contributed by atoms with E-state index < -0.39 is 0 Å². The van der Waals surface area contributed by atoms with Crippen LogP contribution in [0.2, 0.25) is 0 Å². The maximum Gasteiger partial charge on any atom is 0.158 e. The third-order valence-corrected chi connectivity index (χ3v) is 1.54. The van der Waals surface area contributed by atoms with Crippen LogP contribution < -0.4 is 16.4 Å². The fourth-order valence-corrected chi connectivity index (χ4v) is 1.00. The lowest BCUT2D eigenvalue weighted by Crippen LogP contribution is -2.31. The van der Waals surface area contributed by atoms with Crippen LogP contribution in [0.1, 0.15) is 0 Å². The lowest BCUT2D eigenvalue weighted by Gasteiger charge is -1.92. The molecule has 0 aromatic carbocycles. The van der Waals surface area contributed by atoms with E-state index in [1.807, 2.05) is 12.1 Å². The summed E-state index contributed by atoms with van der Waals surface area (Å²) in [6.45, 7) is 0. The summed E-state index contributed by atoms with van der Waals surface area (Å²) >= 11 is 0. The molecule has 1 aliphatic heterocycles. The molecule has 12 heavy (non-hydrogen) atoms. The first-order valence-corrected chi connectivity index (χ1v) is 3.64. The Hall–Kier alpha value is -1.55. The van der Waals surface area contributed by atoms with Crippen molar-refractivity contribution in [2.75, 3.05) is 0 Å². The summed E-state index contributed by atoms with van der Waals surface area (Å²) < 4.78 is 0. The van der Waals surface area contributed by atoms with Crippen LogP contribution in [0.5, 0.6) is 0 Å². The van der Waals surface area contributed by atoms with Gasteiger partial charge in [0.25, 0.3) is 0 Å². The molecule has 4 nitrogen and oxygen atoms in total. The Morgan fingerprint density at radius 1 is 1.42 bits per heavy atom. The van der Waals surface area contributed by atoms with E-state index in [9.17, 15) is 0 Å². The molecular formula is C8H8N4. The molecule has 0 saturated carbocycles. The van der Waals surface area contributed by atoms with Crippen LogP contribution in [-0.2, 0) is 0 Å². The van der Waals surface area contributed by atoms with E-state index in [0.29, 0.717) is 5.49 Å². The molecule has 0 bridgehead atoms.